The van der Waals surface area contributed by atoms with E-state index in [-0.39, 0.29) is 12.0 Å². The molecule has 0 aliphatic carbocycles. The van der Waals surface area contributed by atoms with Crippen molar-refractivity contribution in [1.82, 2.24) is 9.80 Å². The van der Waals surface area contributed by atoms with Crippen LogP contribution in [0, 0.1) is 0 Å². The second-order valence-corrected chi connectivity index (χ2v) is 8.16. The maximum atomic E-state index is 12.6. The van der Waals surface area contributed by atoms with Gasteiger partial charge in [-0.1, -0.05) is 30.3 Å². The Balaban J connectivity index is 1.22. The van der Waals surface area contributed by atoms with Gasteiger partial charge in [-0.15, -0.1) is 0 Å². The highest BCUT2D eigenvalue weighted by Crippen LogP contribution is 2.21. The van der Waals surface area contributed by atoms with Crippen LogP contribution >= 0.6 is 0 Å². The number of carbonyl (C=O) groups is 1. The summed E-state index contributed by atoms with van der Waals surface area (Å²) in [5, 5.41) is 0. The van der Waals surface area contributed by atoms with Gasteiger partial charge in [0, 0.05) is 32.2 Å². The average Bonchev–Trinajstić information content (AvgIpc) is 3.32. The monoisotopic (exact) mass is 418 g/mol. The Kier molecular flexibility index (Phi) is 7.05. The molecular weight excluding hydrogens is 388 g/mol. The summed E-state index contributed by atoms with van der Waals surface area (Å²) in [5.74, 6) is 1.56. The molecule has 162 valence electrons. The molecule has 4 rings (SSSR count). The van der Waals surface area contributed by atoms with Gasteiger partial charge in [-0.3, -0.25) is 4.79 Å². The van der Waals surface area contributed by atoms with Crippen LogP contribution in [0.1, 0.15) is 34.5 Å². The standard InChI is InChI=1S/C26H30N2O3/c1-27(20-25-8-5-19-30-25)26(29)22-9-11-23(12-10-22)31-24-14-17-28(18-15-24)16-13-21-6-3-2-4-7-21/h2-12,19,24H,13-18,20H2,1H3. The van der Waals surface area contributed by atoms with Crippen molar-refractivity contribution in [3.8, 4) is 5.75 Å². The van der Waals surface area contributed by atoms with Gasteiger partial charge < -0.3 is 19.0 Å². The summed E-state index contributed by atoms with van der Waals surface area (Å²) in [6.45, 7) is 3.67. The summed E-state index contributed by atoms with van der Waals surface area (Å²) in [6.07, 6.45) is 5.00. The van der Waals surface area contributed by atoms with Gasteiger partial charge in [-0.2, -0.15) is 0 Å². The predicted molar refractivity (Wildman–Crippen MR) is 121 cm³/mol. The Hall–Kier alpha value is -3.05. The van der Waals surface area contributed by atoms with Gasteiger partial charge in [0.05, 0.1) is 12.8 Å². The Morgan fingerprint density at radius 3 is 2.45 bits per heavy atom. The summed E-state index contributed by atoms with van der Waals surface area (Å²) in [7, 11) is 1.78. The lowest BCUT2D eigenvalue weighted by molar-refractivity contribution is 0.0775. The smallest absolute Gasteiger partial charge is 0.254 e. The number of hydrogen-bond acceptors (Lipinski definition) is 4. The number of carbonyl (C=O) groups excluding carboxylic acids is 1. The van der Waals surface area contributed by atoms with Crippen molar-refractivity contribution in [3.05, 3.63) is 89.9 Å². The quantitative estimate of drug-likeness (QED) is 0.535. The zero-order valence-corrected chi connectivity index (χ0v) is 18.1. The highest BCUT2D eigenvalue weighted by molar-refractivity contribution is 5.94. The number of amides is 1. The number of benzene rings is 2. The van der Waals surface area contributed by atoms with E-state index in [1.807, 2.05) is 36.4 Å². The molecule has 1 saturated heterocycles. The fraction of sp³-hybridized carbons (Fsp3) is 0.346. The van der Waals surface area contributed by atoms with E-state index in [1.54, 1.807) is 18.2 Å². The van der Waals surface area contributed by atoms with Crippen LogP contribution in [0.4, 0.5) is 0 Å². The first-order chi connectivity index (χ1) is 15.2. The van der Waals surface area contributed by atoms with Gasteiger partial charge in [0.1, 0.15) is 17.6 Å². The molecule has 0 atom stereocenters. The SMILES string of the molecule is CN(Cc1ccco1)C(=O)c1ccc(OC2CCN(CCc3ccccc3)CC2)cc1. The molecule has 0 unspecified atom stereocenters. The van der Waals surface area contributed by atoms with E-state index < -0.39 is 0 Å². The minimum Gasteiger partial charge on any atom is -0.490 e. The minimum atomic E-state index is -0.0327. The molecule has 5 heteroatoms. The summed E-state index contributed by atoms with van der Waals surface area (Å²) in [4.78, 5) is 16.8. The van der Waals surface area contributed by atoms with Crippen LogP contribution in [0.5, 0.6) is 5.75 Å². The van der Waals surface area contributed by atoms with E-state index in [0.29, 0.717) is 12.1 Å². The first kappa shape index (κ1) is 21.2. The fourth-order valence-electron chi connectivity index (χ4n) is 3.98. The molecule has 1 amide bonds. The summed E-state index contributed by atoms with van der Waals surface area (Å²) < 4.78 is 11.5. The van der Waals surface area contributed by atoms with Gasteiger partial charge >= 0.3 is 0 Å². The van der Waals surface area contributed by atoms with Crippen molar-refractivity contribution in [2.45, 2.75) is 31.9 Å². The highest BCUT2D eigenvalue weighted by Gasteiger charge is 2.20. The molecule has 0 bridgehead atoms. The van der Waals surface area contributed by atoms with E-state index in [0.717, 1.165) is 50.4 Å². The van der Waals surface area contributed by atoms with Crippen LogP contribution in [-0.4, -0.2) is 48.5 Å². The largest absolute Gasteiger partial charge is 0.490 e. The van der Waals surface area contributed by atoms with Crippen molar-refractivity contribution in [1.29, 1.82) is 0 Å². The highest BCUT2D eigenvalue weighted by atomic mass is 16.5. The summed E-state index contributed by atoms with van der Waals surface area (Å²) in [6, 6.07) is 21.8. The number of nitrogens with zero attached hydrogens (tertiary/aromatic N) is 2. The van der Waals surface area contributed by atoms with E-state index in [1.165, 1.54) is 5.56 Å². The van der Waals surface area contributed by atoms with Gasteiger partial charge in [-0.25, -0.2) is 0 Å². The van der Waals surface area contributed by atoms with Crippen molar-refractivity contribution < 1.29 is 13.9 Å². The van der Waals surface area contributed by atoms with Gasteiger partial charge in [0.25, 0.3) is 5.91 Å². The van der Waals surface area contributed by atoms with E-state index in [9.17, 15) is 4.79 Å². The third kappa shape index (κ3) is 5.98. The lowest BCUT2D eigenvalue weighted by Gasteiger charge is -2.32. The molecule has 1 aliphatic rings. The van der Waals surface area contributed by atoms with Gasteiger partial charge in [-0.05, 0) is 61.2 Å². The molecule has 1 aliphatic heterocycles. The number of hydrogen-bond donors (Lipinski definition) is 0. The van der Waals surface area contributed by atoms with Gasteiger partial charge in [0.2, 0.25) is 0 Å². The number of ether oxygens (including phenoxy) is 1. The van der Waals surface area contributed by atoms with Crippen LogP contribution in [0.25, 0.3) is 0 Å². The molecule has 2 heterocycles. The van der Waals surface area contributed by atoms with E-state index in [4.69, 9.17) is 9.15 Å². The molecule has 0 saturated carbocycles. The number of rotatable bonds is 8. The lowest BCUT2D eigenvalue weighted by Crippen LogP contribution is -2.39. The normalized spacial score (nSPS) is 15.0. The minimum absolute atomic E-state index is 0.0327. The zero-order chi connectivity index (χ0) is 21.5. The zero-order valence-electron chi connectivity index (χ0n) is 18.1. The average molecular weight is 419 g/mol. The molecule has 0 radical (unpaired) electrons. The number of furan rings is 1. The van der Waals surface area contributed by atoms with Crippen LogP contribution < -0.4 is 4.74 Å². The molecule has 1 fully saturated rings. The molecule has 2 aromatic carbocycles. The molecule has 5 nitrogen and oxygen atoms in total. The van der Waals surface area contributed by atoms with Crippen molar-refractivity contribution in [3.63, 3.8) is 0 Å². The van der Waals surface area contributed by atoms with Crippen LogP contribution in [0.3, 0.4) is 0 Å². The number of piperidine rings is 1. The van der Waals surface area contributed by atoms with Crippen molar-refractivity contribution >= 4 is 5.91 Å². The summed E-state index contributed by atoms with van der Waals surface area (Å²) in [5.41, 5.74) is 2.04. The van der Waals surface area contributed by atoms with E-state index >= 15 is 0 Å². The van der Waals surface area contributed by atoms with Crippen LogP contribution in [-0.2, 0) is 13.0 Å². The lowest BCUT2D eigenvalue weighted by atomic mass is 10.1. The van der Waals surface area contributed by atoms with Crippen LogP contribution in [0.2, 0.25) is 0 Å². The molecule has 31 heavy (non-hydrogen) atoms. The number of likely N-dealkylation sites (tertiary alicyclic amines) is 1. The third-order valence-electron chi connectivity index (χ3n) is 5.82. The maximum Gasteiger partial charge on any atom is 0.254 e. The topological polar surface area (TPSA) is 45.9 Å². The third-order valence-corrected chi connectivity index (χ3v) is 5.82. The Bertz CT molecular complexity index is 931. The second kappa shape index (κ2) is 10.3. The summed E-state index contributed by atoms with van der Waals surface area (Å²) >= 11 is 0. The Morgan fingerprint density at radius 1 is 1.03 bits per heavy atom. The predicted octanol–water partition coefficient (Wildman–Crippen LogP) is 4.64. The molecular formula is C26H30N2O3. The van der Waals surface area contributed by atoms with Crippen molar-refractivity contribution in [2.24, 2.45) is 0 Å². The molecule has 0 spiro atoms. The maximum absolute atomic E-state index is 12.6. The molecule has 1 aromatic heterocycles. The first-order valence-electron chi connectivity index (χ1n) is 11.0. The van der Waals surface area contributed by atoms with E-state index in [2.05, 4.69) is 35.2 Å². The van der Waals surface area contributed by atoms with Crippen molar-refractivity contribution in [2.75, 3.05) is 26.7 Å². The van der Waals surface area contributed by atoms with Gasteiger partial charge in [0.15, 0.2) is 0 Å². The fourth-order valence-corrected chi connectivity index (χ4v) is 3.98. The molecule has 0 N–H and O–H groups in total. The van der Waals surface area contributed by atoms with Crippen LogP contribution in [0.15, 0.2) is 77.4 Å². The Labute approximate surface area is 184 Å². The Morgan fingerprint density at radius 2 is 1.77 bits per heavy atom. The first-order valence-corrected chi connectivity index (χ1v) is 11.0. The second-order valence-electron chi connectivity index (χ2n) is 8.16. The molecule has 3 aromatic rings.